The number of piperidine rings is 1. The summed E-state index contributed by atoms with van der Waals surface area (Å²) in [4.78, 5) is 27.5. The van der Waals surface area contributed by atoms with E-state index in [1.54, 1.807) is 23.5 Å². The molecule has 2 aromatic heterocycles. The van der Waals surface area contributed by atoms with Crippen LogP contribution in [-0.4, -0.2) is 28.5 Å². The van der Waals surface area contributed by atoms with Crippen molar-refractivity contribution < 1.29 is 4.79 Å². The lowest BCUT2D eigenvalue weighted by Crippen LogP contribution is -2.48. The van der Waals surface area contributed by atoms with Gasteiger partial charge in [0, 0.05) is 48.3 Å². The molecular formula is C18H18N2O2S. The van der Waals surface area contributed by atoms with Crippen LogP contribution < -0.4 is 5.56 Å². The summed E-state index contributed by atoms with van der Waals surface area (Å²) in [5.41, 5.74) is 1.16. The number of carbonyl (C=O) groups excluding carboxylic acids is 1. The Balaban J connectivity index is 1.54. The third-order valence-electron chi connectivity index (χ3n) is 4.72. The zero-order chi connectivity index (χ0) is 15.8. The van der Waals surface area contributed by atoms with E-state index in [1.807, 2.05) is 45.2 Å². The number of nitrogens with zero attached hydrogens (tertiary/aromatic N) is 2. The van der Waals surface area contributed by atoms with Crippen molar-refractivity contribution in [3.8, 4) is 0 Å². The predicted octanol–water partition coefficient (Wildman–Crippen LogP) is 2.57. The van der Waals surface area contributed by atoms with Crippen molar-refractivity contribution in [1.29, 1.82) is 0 Å². The zero-order valence-electron chi connectivity index (χ0n) is 12.7. The van der Waals surface area contributed by atoms with Crippen LogP contribution in [0.4, 0.5) is 0 Å². The highest BCUT2D eigenvalue weighted by molar-refractivity contribution is 7.10. The highest BCUT2D eigenvalue weighted by atomic mass is 32.1. The quantitative estimate of drug-likeness (QED) is 0.796. The molecule has 0 aliphatic carbocycles. The van der Waals surface area contributed by atoms with Gasteiger partial charge in [-0.1, -0.05) is 12.1 Å². The molecule has 2 aromatic rings. The molecule has 0 N–H and O–H groups in total. The Bertz CT molecular complexity index is 807. The van der Waals surface area contributed by atoms with E-state index in [1.165, 1.54) is 0 Å². The number of hydrogen-bond donors (Lipinski definition) is 0. The van der Waals surface area contributed by atoms with Crippen LogP contribution in [0.15, 0.2) is 46.6 Å². The van der Waals surface area contributed by atoms with Gasteiger partial charge in [-0.15, -0.1) is 11.3 Å². The number of amides is 1. The first kappa shape index (κ1) is 14.5. The highest BCUT2D eigenvalue weighted by Crippen LogP contribution is 2.35. The molecule has 0 saturated carbocycles. The highest BCUT2D eigenvalue weighted by Gasteiger charge is 2.35. The van der Waals surface area contributed by atoms with E-state index < -0.39 is 0 Å². The molecule has 1 fully saturated rings. The summed E-state index contributed by atoms with van der Waals surface area (Å²) < 4.78 is 1.89. The molecule has 1 saturated heterocycles. The van der Waals surface area contributed by atoms with E-state index >= 15 is 0 Å². The molecule has 2 unspecified atom stereocenters. The van der Waals surface area contributed by atoms with Crippen LogP contribution in [0.2, 0.25) is 0 Å². The van der Waals surface area contributed by atoms with E-state index in [4.69, 9.17) is 0 Å². The maximum absolute atomic E-state index is 12.5. The molecule has 23 heavy (non-hydrogen) atoms. The summed E-state index contributed by atoms with van der Waals surface area (Å²) in [5.74, 6) is 0.718. The van der Waals surface area contributed by atoms with E-state index in [0.717, 1.165) is 30.1 Å². The van der Waals surface area contributed by atoms with Gasteiger partial charge in [0.05, 0.1) is 0 Å². The first-order valence-corrected chi connectivity index (χ1v) is 8.79. The lowest BCUT2D eigenvalue weighted by molar-refractivity contribution is -0.128. The van der Waals surface area contributed by atoms with Gasteiger partial charge in [-0.05, 0) is 35.9 Å². The summed E-state index contributed by atoms with van der Waals surface area (Å²) >= 11 is 1.63. The Labute approximate surface area is 138 Å². The monoisotopic (exact) mass is 326 g/mol. The van der Waals surface area contributed by atoms with Crippen molar-refractivity contribution >= 4 is 23.3 Å². The average Bonchev–Trinajstić information content (AvgIpc) is 3.07. The smallest absolute Gasteiger partial charge is 0.250 e. The maximum Gasteiger partial charge on any atom is 0.250 e. The van der Waals surface area contributed by atoms with E-state index in [2.05, 4.69) is 0 Å². The number of hydrogen-bond acceptors (Lipinski definition) is 3. The SMILES string of the molecule is O=C(/C=C/c1cccs1)N1CC2CC(C1)c1cccc(=O)n1C2. The summed E-state index contributed by atoms with van der Waals surface area (Å²) in [6.07, 6.45) is 4.63. The Morgan fingerprint density at radius 2 is 2.09 bits per heavy atom. The van der Waals surface area contributed by atoms with Crippen molar-refractivity contribution in [2.45, 2.75) is 18.9 Å². The number of aromatic nitrogens is 1. The maximum atomic E-state index is 12.5. The summed E-state index contributed by atoms with van der Waals surface area (Å²) in [7, 11) is 0. The first-order valence-electron chi connectivity index (χ1n) is 7.91. The standard InChI is InChI=1S/C18H18N2O2S/c21-17(7-6-15-3-2-8-23-15)19-10-13-9-14(12-19)16-4-1-5-18(22)20(16)11-13/h1-8,13-14H,9-12H2/b7-6+. The molecule has 1 amide bonds. The number of pyridine rings is 1. The minimum Gasteiger partial charge on any atom is -0.338 e. The lowest BCUT2D eigenvalue weighted by Gasteiger charge is -2.42. The summed E-state index contributed by atoms with van der Waals surface area (Å²) in [5, 5.41) is 2.00. The third-order valence-corrected chi connectivity index (χ3v) is 5.56. The van der Waals surface area contributed by atoms with Crippen LogP contribution in [0, 0.1) is 5.92 Å². The van der Waals surface area contributed by atoms with Gasteiger partial charge >= 0.3 is 0 Å². The molecule has 5 heteroatoms. The van der Waals surface area contributed by atoms with E-state index in [9.17, 15) is 9.59 Å². The largest absolute Gasteiger partial charge is 0.338 e. The molecule has 2 atom stereocenters. The summed E-state index contributed by atoms with van der Waals surface area (Å²) in [6.45, 7) is 2.17. The van der Waals surface area contributed by atoms with E-state index in [-0.39, 0.29) is 17.4 Å². The Morgan fingerprint density at radius 3 is 2.91 bits per heavy atom. The molecule has 4 nitrogen and oxygen atoms in total. The van der Waals surface area contributed by atoms with Gasteiger partial charge in [0.15, 0.2) is 0 Å². The first-order chi connectivity index (χ1) is 11.2. The molecule has 0 spiro atoms. The Morgan fingerprint density at radius 1 is 1.17 bits per heavy atom. The third kappa shape index (κ3) is 2.77. The van der Waals surface area contributed by atoms with Crippen molar-refractivity contribution in [3.05, 3.63) is 62.7 Å². The Kier molecular flexibility index (Phi) is 3.65. The fourth-order valence-corrected chi connectivity index (χ4v) is 4.34. The topological polar surface area (TPSA) is 42.3 Å². The molecule has 118 valence electrons. The van der Waals surface area contributed by atoms with Crippen molar-refractivity contribution in [3.63, 3.8) is 0 Å². The molecule has 2 bridgehead atoms. The van der Waals surface area contributed by atoms with Gasteiger partial charge < -0.3 is 9.47 Å². The normalized spacial score (nSPS) is 23.0. The number of fused-ring (bicyclic) bond motifs is 4. The van der Waals surface area contributed by atoms with Crippen LogP contribution in [0.5, 0.6) is 0 Å². The van der Waals surface area contributed by atoms with Crippen LogP contribution in [-0.2, 0) is 11.3 Å². The van der Waals surface area contributed by atoms with Crippen LogP contribution in [0.25, 0.3) is 6.08 Å². The van der Waals surface area contributed by atoms with Gasteiger partial charge in [-0.2, -0.15) is 0 Å². The van der Waals surface area contributed by atoms with Gasteiger partial charge in [-0.3, -0.25) is 9.59 Å². The minimum atomic E-state index is 0.0693. The van der Waals surface area contributed by atoms with Crippen molar-refractivity contribution in [2.24, 2.45) is 5.92 Å². The van der Waals surface area contributed by atoms with Gasteiger partial charge in [0.2, 0.25) is 5.91 Å². The van der Waals surface area contributed by atoms with Crippen molar-refractivity contribution in [2.75, 3.05) is 13.1 Å². The molecular weight excluding hydrogens is 308 g/mol. The molecule has 2 aliphatic rings. The minimum absolute atomic E-state index is 0.0693. The van der Waals surface area contributed by atoms with Gasteiger partial charge in [-0.25, -0.2) is 0 Å². The fraction of sp³-hybridized carbons (Fsp3) is 0.333. The van der Waals surface area contributed by atoms with Crippen LogP contribution >= 0.6 is 11.3 Å². The van der Waals surface area contributed by atoms with Crippen molar-refractivity contribution in [1.82, 2.24) is 9.47 Å². The fourth-order valence-electron chi connectivity index (χ4n) is 3.72. The number of rotatable bonds is 2. The predicted molar refractivity (Wildman–Crippen MR) is 91.5 cm³/mol. The average molecular weight is 326 g/mol. The molecule has 4 heterocycles. The van der Waals surface area contributed by atoms with Crippen LogP contribution in [0.3, 0.4) is 0 Å². The number of carbonyl (C=O) groups is 1. The lowest BCUT2D eigenvalue weighted by atomic mass is 9.83. The van der Waals surface area contributed by atoms with Gasteiger partial charge in [0.25, 0.3) is 5.56 Å². The second-order valence-corrected chi connectivity index (χ2v) is 7.27. The van der Waals surface area contributed by atoms with Gasteiger partial charge in [0.1, 0.15) is 0 Å². The summed E-state index contributed by atoms with van der Waals surface area (Å²) in [6, 6.07) is 9.46. The number of likely N-dealkylation sites (tertiary alicyclic amines) is 1. The van der Waals surface area contributed by atoms with Crippen LogP contribution in [0.1, 0.15) is 22.9 Å². The zero-order valence-corrected chi connectivity index (χ0v) is 13.5. The molecule has 2 aliphatic heterocycles. The number of thiophene rings is 1. The second-order valence-electron chi connectivity index (χ2n) is 6.29. The second kappa shape index (κ2) is 5.81. The van der Waals surface area contributed by atoms with E-state index in [0.29, 0.717) is 12.5 Å². The Hall–Kier alpha value is -2.14. The molecule has 0 aromatic carbocycles. The molecule has 0 radical (unpaired) electrons. The molecule has 4 rings (SSSR count).